The average molecular weight is 326 g/mol. The maximum absolute atomic E-state index is 14.3. The molecule has 0 amide bonds. The predicted octanol–water partition coefficient (Wildman–Crippen LogP) is 3.96. The number of halogens is 1. The lowest BCUT2D eigenvalue weighted by atomic mass is 10.2. The zero-order chi connectivity index (χ0) is 16.9. The molecule has 0 atom stereocenters. The summed E-state index contributed by atoms with van der Waals surface area (Å²) in [6.07, 6.45) is 3.81. The molecule has 0 saturated carbocycles. The molecule has 4 nitrogen and oxygen atoms in total. The molecule has 1 aliphatic rings. The molecule has 0 aromatic heterocycles. The molecule has 2 aromatic rings. The molecule has 1 heterocycles. The minimum atomic E-state index is -0.409. The Balaban J connectivity index is 1.77. The van der Waals surface area contributed by atoms with Crippen molar-refractivity contribution in [1.82, 2.24) is 0 Å². The third-order valence-electron chi connectivity index (χ3n) is 4.05. The van der Waals surface area contributed by atoms with Gasteiger partial charge in [-0.1, -0.05) is 12.1 Å². The summed E-state index contributed by atoms with van der Waals surface area (Å²) in [5.74, 6) is -0.641. The van der Waals surface area contributed by atoms with Crippen molar-refractivity contribution >= 4 is 23.6 Å². The summed E-state index contributed by atoms with van der Waals surface area (Å²) in [7, 11) is 1.34. The number of ether oxygens (including phenoxy) is 1. The Labute approximate surface area is 140 Å². The lowest BCUT2D eigenvalue weighted by molar-refractivity contribution is 0.0601. The van der Waals surface area contributed by atoms with Crippen molar-refractivity contribution in [2.45, 2.75) is 12.8 Å². The Bertz CT molecular complexity index is 768. The second-order valence-corrected chi connectivity index (χ2v) is 5.71. The number of hydrogen-bond donors (Lipinski definition) is 0. The largest absolute Gasteiger partial charge is 0.465 e. The van der Waals surface area contributed by atoms with Crippen molar-refractivity contribution in [1.29, 1.82) is 0 Å². The average Bonchev–Trinajstić information content (AvgIpc) is 3.14. The third-order valence-corrected chi connectivity index (χ3v) is 4.05. The van der Waals surface area contributed by atoms with E-state index in [4.69, 9.17) is 0 Å². The van der Waals surface area contributed by atoms with Crippen LogP contribution in [0.4, 0.5) is 15.8 Å². The van der Waals surface area contributed by atoms with Crippen LogP contribution in [0.5, 0.6) is 0 Å². The van der Waals surface area contributed by atoms with Crippen molar-refractivity contribution < 1.29 is 13.9 Å². The SMILES string of the molecule is COC(=O)c1cccc(N=Cc2ccc(N3CCCC3)c(F)c2)c1. The van der Waals surface area contributed by atoms with Gasteiger partial charge in [0.05, 0.1) is 24.0 Å². The van der Waals surface area contributed by atoms with E-state index in [1.807, 2.05) is 6.07 Å². The van der Waals surface area contributed by atoms with Crippen LogP contribution in [0.25, 0.3) is 0 Å². The topological polar surface area (TPSA) is 41.9 Å². The highest BCUT2D eigenvalue weighted by molar-refractivity contribution is 5.90. The molecule has 1 fully saturated rings. The number of rotatable bonds is 4. The summed E-state index contributed by atoms with van der Waals surface area (Å²) in [4.78, 5) is 17.9. The van der Waals surface area contributed by atoms with E-state index in [2.05, 4.69) is 14.6 Å². The van der Waals surface area contributed by atoms with Gasteiger partial charge < -0.3 is 9.64 Å². The molecule has 0 N–H and O–H groups in total. The molecule has 0 radical (unpaired) electrons. The zero-order valence-electron chi connectivity index (χ0n) is 13.5. The lowest BCUT2D eigenvalue weighted by Gasteiger charge is -2.18. The van der Waals surface area contributed by atoms with Crippen LogP contribution in [0.2, 0.25) is 0 Å². The van der Waals surface area contributed by atoms with Gasteiger partial charge in [-0.25, -0.2) is 9.18 Å². The first-order valence-corrected chi connectivity index (χ1v) is 7.94. The number of esters is 1. The van der Waals surface area contributed by atoms with Crippen molar-refractivity contribution in [3.63, 3.8) is 0 Å². The lowest BCUT2D eigenvalue weighted by Crippen LogP contribution is -2.18. The van der Waals surface area contributed by atoms with Gasteiger partial charge in [0.1, 0.15) is 5.82 Å². The molecule has 2 aromatic carbocycles. The summed E-state index contributed by atoms with van der Waals surface area (Å²) >= 11 is 0. The smallest absolute Gasteiger partial charge is 0.337 e. The Kier molecular flexibility index (Phi) is 4.89. The molecule has 124 valence electrons. The van der Waals surface area contributed by atoms with Gasteiger partial charge in [-0.3, -0.25) is 4.99 Å². The van der Waals surface area contributed by atoms with E-state index in [0.717, 1.165) is 25.9 Å². The van der Waals surface area contributed by atoms with Gasteiger partial charge in [0.15, 0.2) is 0 Å². The molecule has 1 aliphatic heterocycles. The minimum absolute atomic E-state index is 0.232. The number of aliphatic imine (C=N–C) groups is 1. The standard InChI is InChI=1S/C19H19FN2O2/c1-24-19(23)15-5-4-6-16(12-15)21-13-14-7-8-18(17(20)11-14)22-9-2-3-10-22/h4-8,11-13H,2-3,9-10H2,1H3. The summed E-state index contributed by atoms with van der Waals surface area (Å²) in [6.45, 7) is 1.81. The second kappa shape index (κ2) is 7.25. The van der Waals surface area contributed by atoms with E-state index >= 15 is 0 Å². The van der Waals surface area contributed by atoms with Crippen LogP contribution in [0, 0.1) is 5.82 Å². The van der Waals surface area contributed by atoms with Crippen LogP contribution in [0.1, 0.15) is 28.8 Å². The number of methoxy groups -OCH3 is 1. The van der Waals surface area contributed by atoms with E-state index in [1.165, 1.54) is 13.2 Å². The number of anilines is 1. The van der Waals surface area contributed by atoms with Gasteiger partial charge in [-0.2, -0.15) is 0 Å². The highest BCUT2D eigenvalue weighted by atomic mass is 19.1. The van der Waals surface area contributed by atoms with Crippen molar-refractivity contribution in [2.24, 2.45) is 4.99 Å². The van der Waals surface area contributed by atoms with Crippen LogP contribution in [-0.4, -0.2) is 32.4 Å². The van der Waals surface area contributed by atoms with E-state index in [0.29, 0.717) is 22.5 Å². The van der Waals surface area contributed by atoms with Crippen LogP contribution in [0.3, 0.4) is 0 Å². The first-order chi connectivity index (χ1) is 11.7. The highest BCUT2D eigenvalue weighted by Gasteiger charge is 2.15. The zero-order valence-corrected chi connectivity index (χ0v) is 13.5. The van der Waals surface area contributed by atoms with Gasteiger partial charge in [-0.15, -0.1) is 0 Å². The summed E-state index contributed by atoms with van der Waals surface area (Å²) in [5.41, 5.74) is 2.38. The molecular formula is C19H19FN2O2. The Morgan fingerprint density at radius 3 is 2.71 bits per heavy atom. The quantitative estimate of drug-likeness (QED) is 0.631. The van der Waals surface area contributed by atoms with Crippen LogP contribution < -0.4 is 4.90 Å². The molecule has 0 bridgehead atoms. The maximum Gasteiger partial charge on any atom is 0.337 e. The molecule has 24 heavy (non-hydrogen) atoms. The normalized spacial score (nSPS) is 14.3. The second-order valence-electron chi connectivity index (χ2n) is 5.71. The molecule has 5 heteroatoms. The Morgan fingerprint density at radius 2 is 2.00 bits per heavy atom. The first-order valence-electron chi connectivity index (χ1n) is 7.94. The number of carbonyl (C=O) groups excluding carboxylic acids is 1. The fraction of sp³-hybridized carbons (Fsp3) is 0.263. The predicted molar refractivity (Wildman–Crippen MR) is 92.9 cm³/mol. The molecule has 0 unspecified atom stereocenters. The van der Waals surface area contributed by atoms with Crippen molar-refractivity contribution in [3.8, 4) is 0 Å². The van der Waals surface area contributed by atoms with E-state index in [1.54, 1.807) is 36.5 Å². The van der Waals surface area contributed by atoms with Gasteiger partial charge >= 0.3 is 5.97 Å². The van der Waals surface area contributed by atoms with E-state index < -0.39 is 5.97 Å². The number of nitrogens with zero attached hydrogens (tertiary/aromatic N) is 2. The Hall–Kier alpha value is -2.69. The van der Waals surface area contributed by atoms with E-state index in [9.17, 15) is 9.18 Å². The molecule has 0 spiro atoms. The van der Waals surface area contributed by atoms with Crippen molar-refractivity contribution in [3.05, 3.63) is 59.4 Å². The van der Waals surface area contributed by atoms with Gasteiger partial charge in [0.2, 0.25) is 0 Å². The summed E-state index contributed by atoms with van der Waals surface area (Å²) in [6, 6.07) is 11.9. The van der Waals surface area contributed by atoms with Gasteiger partial charge in [0, 0.05) is 19.3 Å². The minimum Gasteiger partial charge on any atom is -0.465 e. The monoisotopic (exact) mass is 326 g/mol. The number of carbonyl (C=O) groups is 1. The highest BCUT2D eigenvalue weighted by Crippen LogP contribution is 2.24. The molecule has 1 saturated heterocycles. The fourth-order valence-corrected chi connectivity index (χ4v) is 2.80. The van der Waals surface area contributed by atoms with Crippen LogP contribution in [-0.2, 0) is 4.74 Å². The first kappa shape index (κ1) is 16.2. The van der Waals surface area contributed by atoms with Crippen molar-refractivity contribution in [2.75, 3.05) is 25.1 Å². The van der Waals surface area contributed by atoms with Gasteiger partial charge in [0.25, 0.3) is 0 Å². The molecule has 0 aliphatic carbocycles. The number of hydrogen-bond acceptors (Lipinski definition) is 4. The summed E-state index contributed by atoms with van der Waals surface area (Å²) in [5, 5.41) is 0. The maximum atomic E-state index is 14.3. The molecular weight excluding hydrogens is 307 g/mol. The van der Waals surface area contributed by atoms with Gasteiger partial charge in [-0.05, 0) is 48.7 Å². The third kappa shape index (κ3) is 3.62. The molecule has 3 rings (SSSR count). The van der Waals surface area contributed by atoms with Crippen LogP contribution in [0.15, 0.2) is 47.5 Å². The van der Waals surface area contributed by atoms with E-state index in [-0.39, 0.29) is 5.82 Å². The fourth-order valence-electron chi connectivity index (χ4n) is 2.80. The number of benzene rings is 2. The summed E-state index contributed by atoms with van der Waals surface area (Å²) < 4.78 is 19.0. The Morgan fingerprint density at radius 1 is 1.21 bits per heavy atom. The van der Waals surface area contributed by atoms with Crippen LogP contribution >= 0.6 is 0 Å².